The highest BCUT2D eigenvalue weighted by atomic mass is 35.5. The van der Waals surface area contributed by atoms with Gasteiger partial charge in [0.2, 0.25) is 0 Å². The molecule has 1 amide bonds. The monoisotopic (exact) mass is 346 g/mol. The van der Waals surface area contributed by atoms with Crippen LogP contribution in [0.3, 0.4) is 0 Å². The van der Waals surface area contributed by atoms with Crippen molar-refractivity contribution in [3.8, 4) is 16.9 Å². The molecular weight excluding hydrogens is 324 g/mol. The molecule has 1 aliphatic heterocycles. The molecule has 5 heteroatoms. The van der Waals surface area contributed by atoms with Crippen molar-refractivity contribution < 1.29 is 9.53 Å². The standard InChI is InChI=1S/C19H22N2O2.ClH/c1-21(16-11-12-20-13-16)19(22)14-23-18-10-6-5-9-17(18)15-7-3-2-4-8-15;/h2-10,16,20H,11-14H2,1H3;1H. The molecule has 128 valence electrons. The molecule has 1 atom stereocenters. The first-order valence-electron chi connectivity index (χ1n) is 7.99. The SMILES string of the molecule is CN(C(=O)COc1ccccc1-c1ccccc1)C1CCNC1.Cl. The van der Waals surface area contributed by atoms with Crippen molar-refractivity contribution in [2.45, 2.75) is 12.5 Å². The quantitative estimate of drug-likeness (QED) is 0.905. The van der Waals surface area contributed by atoms with Crippen molar-refractivity contribution in [3.63, 3.8) is 0 Å². The number of nitrogens with one attached hydrogen (secondary N) is 1. The third-order valence-corrected chi connectivity index (χ3v) is 4.30. The van der Waals surface area contributed by atoms with Crippen LogP contribution in [-0.2, 0) is 4.79 Å². The molecule has 1 heterocycles. The number of hydrogen-bond donors (Lipinski definition) is 1. The van der Waals surface area contributed by atoms with Crippen LogP contribution in [0, 0.1) is 0 Å². The van der Waals surface area contributed by atoms with Gasteiger partial charge in [0.15, 0.2) is 6.61 Å². The van der Waals surface area contributed by atoms with Crippen LogP contribution >= 0.6 is 12.4 Å². The van der Waals surface area contributed by atoms with Gasteiger partial charge >= 0.3 is 0 Å². The van der Waals surface area contributed by atoms with Gasteiger partial charge in [0, 0.05) is 25.2 Å². The molecule has 4 nitrogen and oxygen atoms in total. The Labute approximate surface area is 149 Å². The Bertz CT molecular complexity index is 657. The van der Waals surface area contributed by atoms with Crippen LogP contribution in [0.1, 0.15) is 6.42 Å². The first-order valence-corrected chi connectivity index (χ1v) is 7.99. The molecule has 0 aromatic heterocycles. The lowest BCUT2D eigenvalue weighted by atomic mass is 10.1. The maximum Gasteiger partial charge on any atom is 0.260 e. The van der Waals surface area contributed by atoms with Crippen LogP contribution < -0.4 is 10.1 Å². The van der Waals surface area contributed by atoms with E-state index in [1.165, 1.54) is 0 Å². The van der Waals surface area contributed by atoms with Crippen molar-refractivity contribution >= 4 is 18.3 Å². The van der Waals surface area contributed by atoms with Crippen LogP contribution in [0.15, 0.2) is 54.6 Å². The van der Waals surface area contributed by atoms with Gasteiger partial charge in [0.1, 0.15) is 5.75 Å². The highest BCUT2D eigenvalue weighted by molar-refractivity contribution is 5.85. The Morgan fingerprint density at radius 3 is 2.58 bits per heavy atom. The smallest absolute Gasteiger partial charge is 0.260 e. The fraction of sp³-hybridized carbons (Fsp3) is 0.316. The van der Waals surface area contributed by atoms with E-state index in [1.807, 2.05) is 61.6 Å². The molecule has 0 saturated carbocycles. The normalized spacial score (nSPS) is 16.3. The summed E-state index contributed by atoms with van der Waals surface area (Å²) in [5.41, 5.74) is 2.09. The topological polar surface area (TPSA) is 41.6 Å². The summed E-state index contributed by atoms with van der Waals surface area (Å²) in [6.07, 6.45) is 1.00. The van der Waals surface area contributed by atoms with Gasteiger partial charge in [0.25, 0.3) is 5.91 Å². The van der Waals surface area contributed by atoms with Gasteiger partial charge in [-0.05, 0) is 24.6 Å². The van der Waals surface area contributed by atoms with Crippen molar-refractivity contribution in [2.24, 2.45) is 0 Å². The average Bonchev–Trinajstić information content (AvgIpc) is 3.14. The predicted molar refractivity (Wildman–Crippen MR) is 98.7 cm³/mol. The van der Waals surface area contributed by atoms with Gasteiger partial charge in [-0.15, -0.1) is 12.4 Å². The number of ether oxygens (including phenoxy) is 1. The van der Waals surface area contributed by atoms with E-state index in [2.05, 4.69) is 5.32 Å². The number of likely N-dealkylation sites (N-methyl/N-ethyl adjacent to an activating group) is 1. The fourth-order valence-electron chi connectivity index (χ4n) is 2.86. The van der Waals surface area contributed by atoms with Crippen LogP contribution in [-0.4, -0.2) is 43.6 Å². The molecule has 0 radical (unpaired) electrons. The fourth-order valence-corrected chi connectivity index (χ4v) is 2.86. The summed E-state index contributed by atoms with van der Waals surface area (Å²) < 4.78 is 5.82. The zero-order chi connectivity index (χ0) is 16.1. The minimum Gasteiger partial charge on any atom is -0.483 e. The van der Waals surface area contributed by atoms with Gasteiger partial charge in [-0.2, -0.15) is 0 Å². The Balaban J connectivity index is 0.00000208. The summed E-state index contributed by atoms with van der Waals surface area (Å²) in [7, 11) is 1.85. The van der Waals surface area contributed by atoms with Crippen LogP contribution in [0.5, 0.6) is 5.75 Å². The van der Waals surface area contributed by atoms with E-state index in [-0.39, 0.29) is 31.0 Å². The molecule has 3 rings (SSSR count). The number of benzene rings is 2. The summed E-state index contributed by atoms with van der Waals surface area (Å²) in [6.45, 7) is 1.90. The molecule has 1 unspecified atom stereocenters. The Morgan fingerprint density at radius 2 is 1.88 bits per heavy atom. The molecule has 0 bridgehead atoms. The number of nitrogens with zero attached hydrogens (tertiary/aromatic N) is 1. The average molecular weight is 347 g/mol. The Kier molecular flexibility index (Phi) is 6.64. The van der Waals surface area contributed by atoms with Crippen molar-refractivity contribution in [1.29, 1.82) is 0 Å². The van der Waals surface area contributed by atoms with Crippen LogP contribution in [0.25, 0.3) is 11.1 Å². The molecule has 24 heavy (non-hydrogen) atoms. The van der Waals surface area contributed by atoms with Crippen molar-refractivity contribution in [2.75, 3.05) is 26.7 Å². The second kappa shape index (κ2) is 8.71. The molecule has 0 spiro atoms. The third-order valence-electron chi connectivity index (χ3n) is 4.30. The van der Waals surface area contributed by atoms with Crippen molar-refractivity contribution in [3.05, 3.63) is 54.6 Å². The molecular formula is C19H23ClN2O2. The van der Waals surface area contributed by atoms with Gasteiger partial charge in [-0.3, -0.25) is 4.79 Å². The lowest BCUT2D eigenvalue weighted by Gasteiger charge is -2.24. The maximum absolute atomic E-state index is 12.3. The summed E-state index contributed by atoms with van der Waals surface area (Å²) in [6, 6.07) is 18.2. The van der Waals surface area contributed by atoms with Crippen molar-refractivity contribution in [1.82, 2.24) is 10.2 Å². The van der Waals surface area contributed by atoms with E-state index < -0.39 is 0 Å². The second-order valence-electron chi connectivity index (χ2n) is 5.80. The summed E-state index contributed by atoms with van der Waals surface area (Å²) in [5.74, 6) is 0.756. The molecule has 1 N–H and O–H groups in total. The van der Waals surface area contributed by atoms with E-state index in [9.17, 15) is 4.79 Å². The minimum atomic E-state index is 0. The third kappa shape index (κ3) is 4.28. The number of rotatable bonds is 5. The van der Waals surface area contributed by atoms with E-state index in [0.29, 0.717) is 0 Å². The molecule has 1 saturated heterocycles. The molecule has 1 fully saturated rings. The molecule has 1 aliphatic rings. The van der Waals surface area contributed by atoms with Gasteiger partial charge in [-0.25, -0.2) is 0 Å². The summed E-state index contributed by atoms with van der Waals surface area (Å²) in [5, 5.41) is 3.28. The molecule has 2 aromatic rings. The van der Waals surface area contributed by atoms with E-state index >= 15 is 0 Å². The van der Waals surface area contributed by atoms with Gasteiger partial charge in [-0.1, -0.05) is 48.5 Å². The number of carbonyl (C=O) groups excluding carboxylic acids is 1. The Morgan fingerprint density at radius 1 is 1.17 bits per heavy atom. The number of hydrogen-bond acceptors (Lipinski definition) is 3. The Hall–Kier alpha value is -2.04. The molecule has 0 aliphatic carbocycles. The van der Waals surface area contributed by atoms with E-state index in [0.717, 1.165) is 36.4 Å². The van der Waals surface area contributed by atoms with Gasteiger partial charge in [0.05, 0.1) is 0 Å². The first kappa shape index (κ1) is 18.3. The second-order valence-corrected chi connectivity index (χ2v) is 5.80. The number of halogens is 1. The van der Waals surface area contributed by atoms with Gasteiger partial charge < -0.3 is 15.0 Å². The summed E-state index contributed by atoms with van der Waals surface area (Å²) >= 11 is 0. The lowest BCUT2D eigenvalue weighted by Crippen LogP contribution is -2.40. The van der Waals surface area contributed by atoms with E-state index in [4.69, 9.17) is 4.74 Å². The zero-order valence-corrected chi connectivity index (χ0v) is 14.6. The zero-order valence-electron chi connectivity index (χ0n) is 13.8. The largest absolute Gasteiger partial charge is 0.483 e. The highest BCUT2D eigenvalue weighted by Gasteiger charge is 2.23. The minimum absolute atomic E-state index is 0. The molecule has 2 aromatic carbocycles. The predicted octanol–water partition coefficient (Wildman–Crippen LogP) is 2.97. The van der Waals surface area contributed by atoms with Crippen LogP contribution in [0.2, 0.25) is 0 Å². The number of para-hydroxylation sites is 1. The first-order chi connectivity index (χ1) is 11.3. The van der Waals surface area contributed by atoms with E-state index in [1.54, 1.807) is 4.90 Å². The highest BCUT2D eigenvalue weighted by Crippen LogP contribution is 2.29. The maximum atomic E-state index is 12.3. The summed E-state index contributed by atoms with van der Waals surface area (Å²) in [4.78, 5) is 14.1. The van der Waals surface area contributed by atoms with Crippen LogP contribution in [0.4, 0.5) is 0 Å². The lowest BCUT2D eigenvalue weighted by molar-refractivity contribution is -0.133. The number of amides is 1. The number of carbonyl (C=O) groups is 1.